The van der Waals surface area contributed by atoms with Crippen LogP contribution in [0, 0.1) is 6.92 Å². The number of hydrogen-bond donors (Lipinski definition) is 1. The van der Waals surface area contributed by atoms with Gasteiger partial charge in [-0.15, -0.1) is 11.6 Å². The minimum Gasteiger partial charge on any atom is -0.379 e. The van der Waals surface area contributed by atoms with Crippen LogP contribution in [0.4, 0.5) is 0 Å². The first-order chi connectivity index (χ1) is 7.34. The van der Waals surface area contributed by atoms with Crippen molar-refractivity contribution < 1.29 is 4.74 Å². The SMILES string of the molecule is Cc1nccn1CCNCCOCCCl. The largest absolute Gasteiger partial charge is 0.379 e. The van der Waals surface area contributed by atoms with Gasteiger partial charge < -0.3 is 14.6 Å². The van der Waals surface area contributed by atoms with Gasteiger partial charge in [-0.25, -0.2) is 4.98 Å². The van der Waals surface area contributed by atoms with Gasteiger partial charge in [-0.3, -0.25) is 0 Å². The fourth-order valence-electron chi connectivity index (χ4n) is 1.27. The maximum atomic E-state index is 5.47. The molecule has 0 aliphatic rings. The molecule has 0 bridgehead atoms. The second-order valence-electron chi connectivity index (χ2n) is 3.22. The Bertz CT molecular complexity index is 265. The van der Waals surface area contributed by atoms with Crippen LogP contribution in [0.15, 0.2) is 12.4 Å². The highest BCUT2D eigenvalue weighted by Gasteiger charge is 1.95. The van der Waals surface area contributed by atoms with Gasteiger partial charge in [-0.1, -0.05) is 0 Å². The molecule has 0 amide bonds. The van der Waals surface area contributed by atoms with Crippen molar-refractivity contribution in [1.29, 1.82) is 0 Å². The number of imidazole rings is 1. The fourth-order valence-corrected chi connectivity index (χ4v) is 1.37. The summed E-state index contributed by atoms with van der Waals surface area (Å²) in [5, 5.41) is 3.29. The molecule has 0 aliphatic carbocycles. The zero-order chi connectivity index (χ0) is 10.9. The van der Waals surface area contributed by atoms with E-state index in [1.54, 1.807) is 0 Å². The van der Waals surface area contributed by atoms with Crippen molar-refractivity contribution in [2.75, 3.05) is 32.2 Å². The number of nitrogens with zero attached hydrogens (tertiary/aromatic N) is 2. The first kappa shape index (κ1) is 12.5. The van der Waals surface area contributed by atoms with E-state index in [1.807, 2.05) is 19.3 Å². The van der Waals surface area contributed by atoms with Crippen molar-refractivity contribution in [3.8, 4) is 0 Å². The predicted octanol–water partition coefficient (Wildman–Crippen LogP) is 1.04. The summed E-state index contributed by atoms with van der Waals surface area (Å²) in [6.07, 6.45) is 3.81. The van der Waals surface area contributed by atoms with Crippen LogP contribution in [0.2, 0.25) is 0 Å². The van der Waals surface area contributed by atoms with E-state index in [2.05, 4.69) is 14.9 Å². The molecule has 1 heterocycles. The van der Waals surface area contributed by atoms with Gasteiger partial charge in [0.15, 0.2) is 0 Å². The summed E-state index contributed by atoms with van der Waals surface area (Å²) < 4.78 is 7.35. The molecular weight excluding hydrogens is 214 g/mol. The molecule has 15 heavy (non-hydrogen) atoms. The maximum absolute atomic E-state index is 5.47. The Morgan fingerprint density at radius 2 is 2.33 bits per heavy atom. The molecule has 0 atom stereocenters. The maximum Gasteiger partial charge on any atom is 0.105 e. The molecule has 1 aromatic heterocycles. The van der Waals surface area contributed by atoms with E-state index < -0.39 is 0 Å². The van der Waals surface area contributed by atoms with Crippen LogP contribution in [0.3, 0.4) is 0 Å². The third kappa shape index (κ3) is 5.16. The monoisotopic (exact) mass is 231 g/mol. The predicted molar refractivity (Wildman–Crippen MR) is 61.4 cm³/mol. The van der Waals surface area contributed by atoms with Crippen LogP contribution in [0.1, 0.15) is 5.82 Å². The molecule has 0 spiro atoms. The molecule has 1 rings (SSSR count). The standard InChI is InChI=1S/C10H18ClN3O/c1-10-13-4-7-14(10)6-3-12-5-9-15-8-2-11/h4,7,12H,2-3,5-6,8-9H2,1H3. The zero-order valence-electron chi connectivity index (χ0n) is 9.08. The Morgan fingerprint density at radius 3 is 3.00 bits per heavy atom. The summed E-state index contributed by atoms with van der Waals surface area (Å²) in [6.45, 7) is 6.09. The second-order valence-corrected chi connectivity index (χ2v) is 3.60. The average Bonchev–Trinajstić information content (AvgIpc) is 2.63. The topological polar surface area (TPSA) is 39.1 Å². The molecule has 1 N–H and O–H groups in total. The molecule has 0 radical (unpaired) electrons. The molecule has 0 unspecified atom stereocenters. The smallest absolute Gasteiger partial charge is 0.105 e. The highest BCUT2D eigenvalue weighted by atomic mass is 35.5. The van der Waals surface area contributed by atoms with Crippen molar-refractivity contribution in [3.05, 3.63) is 18.2 Å². The van der Waals surface area contributed by atoms with Gasteiger partial charge in [-0.2, -0.15) is 0 Å². The van der Waals surface area contributed by atoms with Crippen LogP contribution >= 0.6 is 11.6 Å². The lowest BCUT2D eigenvalue weighted by molar-refractivity contribution is 0.151. The van der Waals surface area contributed by atoms with E-state index in [1.165, 1.54) is 0 Å². The van der Waals surface area contributed by atoms with Crippen LogP contribution in [-0.2, 0) is 11.3 Å². The number of nitrogens with one attached hydrogen (secondary N) is 1. The van der Waals surface area contributed by atoms with Crippen molar-refractivity contribution in [2.24, 2.45) is 0 Å². The number of hydrogen-bond acceptors (Lipinski definition) is 3. The molecule has 0 aromatic carbocycles. The number of aromatic nitrogens is 2. The van der Waals surface area contributed by atoms with Crippen molar-refractivity contribution in [3.63, 3.8) is 0 Å². The summed E-state index contributed by atoms with van der Waals surface area (Å²) in [5.41, 5.74) is 0. The van der Waals surface area contributed by atoms with E-state index in [-0.39, 0.29) is 0 Å². The summed E-state index contributed by atoms with van der Waals surface area (Å²) in [6, 6.07) is 0. The van der Waals surface area contributed by atoms with Gasteiger partial charge in [0.05, 0.1) is 13.2 Å². The number of halogens is 1. The Morgan fingerprint density at radius 1 is 1.47 bits per heavy atom. The van der Waals surface area contributed by atoms with E-state index in [0.29, 0.717) is 12.5 Å². The number of rotatable bonds is 8. The molecular formula is C10H18ClN3O. The first-order valence-corrected chi connectivity index (χ1v) is 5.70. The molecule has 1 aromatic rings. The lowest BCUT2D eigenvalue weighted by atomic mass is 10.5. The minimum absolute atomic E-state index is 0.564. The van der Waals surface area contributed by atoms with Gasteiger partial charge in [0.2, 0.25) is 0 Å². The van der Waals surface area contributed by atoms with Crippen molar-refractivity contribution in [1.82, 2.24) is 14.9 Å². The molecule has 4 nitrogen and oxygen atoms in total. The van der Waals surface area contributed by atoms with Gasteiger partial charge in [-0.05, 0) is 6.92 Å². The van der Waals surface area contributed by atoms with Gasteiger partial charge in [0, 0.05) is 37.9 Å². The summed E-state index contributed by atoms with van der Waals surface area (Å²) in [4.78, 5) is 4.15. The molecule has 0 saturated carbocycles. The highest BCUT2D eigenvalue weighted by molar-refractivity contribution is 6.17. The molecule has 0 saturated heterocycles. The summed E-state index contributed by atoms with van der Waals surface area (Å²) in [7, 11) is 0. The number of ether oxygens (including phenoxy) is 1. The molecule has 0 fully saturated rings. The minimum atomic E-state index is 0.564. The molecule has 0 aliphatic heterocycles. The van der Waals surface area contributed by atoms with Crippen LogP contribution < -0.4 is 5.32 Å². The van der Waals surface area contributed by atoms with Crippen LogP contribution in [-0.4, -0.2) is 41.7 Å². The van der Waals surface area contributed by atoms with Crippen LogP contribution in [0.25, 0.3) is 0 Å². The van der Waals surface area contributed by atoms with Gasteiger partial charge in [0.1, 0.15) is 5.82 Å². The summed E-state index contributed by atoms with van der Waals surface area (Å²) >= 11 is 5.47. The van der Waals surface area contributed by atoms with Crippen molar-refractivity contribution in [2.45, 2.75) is 13.5 Å². The average molecular weight is 232 g/mol. The Balaban J connectivity index is 1.96. The lowest BCUT2D eigenvalue weighted by Gasteiger charge is -2.07. The van der Waals surface area contributed by atoms with E-state index in [9.17, 15) is 0 Å². The Labute approximate surface area is 95.6 Å². The van der Waals surface area contributed by atoms with E-state index in [4.69, 9.17) is 16.3 Å². The second kappa shape index (κ2) is 7.68. The first-order valence-electron chi connectivity index (χ1n) is 5.16. The zero-order valence-corrected chi connectivity index (χ0v) is 9.83. The third-order valence-corrected chi connectivity index (χ3v) is 2.25. The van der Waals surface area contributed by atoms with Gasteiger partial charge >= 0.3 is 0 Å². The normalized spacial score (nSPS) is 10.8. The number of aryl methyl sites for hydroxylation is 1. The Kier molecular flexibility index (Phi) is 6.39. The van der Waals surface area contributed by atoms with E-state index >= 15 is 0 Å². The third-order valence-electron chi connectivity index (χ3n) is 2.10. The van der Waals surface area contributed by atoms with Crippen LogP contribution in [0.5, 0.6) is 0 Å². The fraction of sp³-hybridized carbons (Fsp3) is 0.700. The quantitative estimate of drug-likeness (QED) is 0.537. The highest BCUT2D eigenvalue weighted by Crippen LogP contribution is 1.93. The lowest BCUT2D eigenvalue weighted by Crippen LogP contribution is -2.24. The molecule has 86 valence electrons. The molecule has 5 heteroatoms. The van der Waals surface area contributed by atoms with Crippen molar-refractivity contribution >= 4 is 11.6 Å². The summed E-state index contributed by atoms with van der Waals surface area (Å²) in [5.74, 6) is 1.61. The Hall–Kier alpha value is -0.580. The number of alkyl halides is 1. The van der Waals surface area contributed by atoms with E-state index in [0.717, 1.165) is 32.1 Å². The van der Waals surface area contributed by atoms with Gasteiger partial charge in [0.25, 0.3) is 0 Å².